The van der Waals surface area contributed by atoms with Gasteiger partial charge in [0.2, 0.25) is 11.8 Å². The maximum Gasteiger partial charge on any atom is 0.243 e. The number of benzene rings is 2. The average Bonchev–Trinajstić information content (AvgIpc) is 2.68. The minimum absolute atomic E-state index is 0.159. The van der Waals surface area contributed by atoms with Gasteiger partial charge in [-0.05, 0) is 30.4 Å². The van der Waals surface area contributed by atoms with Crippen LogP contribution >= 0.6 is 0 Å². The molecule has 2 aromatic carbocycles. The van der Waals surface area contributed by atoms with Gasteiger partial charge in [-0.3, -0.25) is 9.59 Å². The van der Waals surface area contributed by atoms with E-state index in [-0.39, 0.29) is 17.9 Å². The molecule has 5 heteroatoms. The Balaban J connectivity index is 2.10. The minimum Gasteiger partial charge on any atom is -0.348 e. The molecule has 0 saturated carbocycles. The lowest BCUT2D eigenvalue weighted by Crippen LogP contribution is -2.53. The summed E-state index contributed by atoms with van der Waals surface area (Å²) in [4.78, 5) is 25.5. The van der Waals surface area contributed by atoms with Crippen molar-refractivity contribution in [1.82, 2.24) is 10.6 Å². The van der Waals surface area contributed by atoms with Crippen molar-refractivity contribution in [3.63, 3.8) is 0 Å². The first-order chi connectivity index (χ1) is 13.4. The molecule has 150 valence electrons. The van der Waals surface area contributed by atoms with Crippen LogP contribution in [0.5, 0.6) is 0 Å². The molecule has 2 aromatic rings. The summed E-state index contributed by atoms with van der Waals surface area (Å²) >= 11 is 0. The highest BCUT2D eigenvalue weighted by Crippen LogP contribution is 2.12. The van der Waals surface area contributed by atoms with Crippen molar-refractivity contribution >= 4 is 11.8 Å². The van der Waals surface area contributed by atoms with Crippen molar-refractivity contribution in [3.05, 3.63) is 71.8 Å². The fraction of sp³-hybridized carbons (Fsp3) is 0.391. The molecular weight excluding hydrogens is 350 g/mol. The molecule has 0 aromatic heterocycles. The van der Waals surface area contributed by atoms with E-state index in [0.717, 1.165) is 11.1 Å². The van der Waals surface area contributed by atoms with Gasteiger partial charge in [-0.15, -0.1) is 0 Å². The molecule has 0 spiro atoms. The normalized spacial score (nSPS) is 14.2. The van der Waals surface area contributed by atoms with Crippen LogP contribution in [0.3, 0.4) is 0 Å². The van der Waals surface area contributed by atoms with Gasteiger partial charge in [0, 0.05) is 6.42 Å². The Bertz CT molecular complexity index is 747. The summed E-state index contributed by atoms with van der Waals surface area (Å²) in [5, 5.41) is 5.86. The van der Waals surface area contributed by atoms with Crippen LogP contribution in [0.15, 0.2) is 60.7 Å². The Morgan fingerprint density at radius 3 is 2.00 bits per heavy atom. The number of nitrogens with two attached hydrogens (primary N) is 1. The molecule has 0 aliphatic carbocycles. The van der Waals surface area contributed by atoms with Gasteiger partial charge in [0.1, 0.15) is 6.04 Å². The zero-order valence-electron chi connectivity index (χ0n) is 16.9. The molecule has 0 saturated heterocycles. The van der Waals surface area contributed by atoms with Crippen molar-refractivity contribution in [1.29, 1.82) is 0 Å². The number of carbonyl (C=O) groups excluding carboxylic acids is 2. The average molecular weight is 382 g/mol. The van der Waals surface area contributed by atoms with Crippen LogP contribution in [0.25, 0.3) is 0 Å². The maximum atomic E-state index is 12.9. The third-order valence-electron chi connectivity index (χ3n) is 4.64. The number of hydrogen-bond donors (Lipinski definition) is 3. The van der Waals surface area contributed by atoms with Gasteiger partial charge < -0.3 is 16.4 Å². The first-order valence-electron chi connectivity index (χ1n) is 9.82. The summed E-state index contributed by atoms with van der Waals surface area (Å²) < 4.78 is 0. The van der Waals surface area contributed by atoms with Crippen molar-refractivity contribution < 1.29 is 9.59 Å². The zero-order chi connectivity index (χ0) is 20.5. The number of carbonyl (C=O) groups is 2. The van der Waals surface area contributed by atoms with Gasteiger partial charge in [0.05, 0.1) is 12.1 Å². The summed E-state index contributed by atoms with van der Waals surface area (Å²) in [5.74, 6) is -0.206. The number of rotatable bonds is 9. The Hall–Kier alpha value is -2.66. The monoisotopic (exact) mass is 381 g/mol. The molecule has 0 radical (unpaired) electrons. The van der Waals surface area contributed by atoms with E-state index in [1.807, 2.05) is 81.4 Å². The number of amides is 2. The molecule has 0 fully saturated rings. The summed E-state index contributed by atoms with van der Waals surface area (Å²) in [6, 6.07) is 17.9. The highest BCUT2D eigenvalue weighted by Gasteiger charge is 2.25. The molecule has 5 nitrogen and oxygen atoms in total. The lowest BCUT2D eigenvalue weighted by molar-refractivity contribution is -0.130. The molecule has 0 heterocycles. The van der Waals surface area contributed by atoms with Gasteiger partial charge in [0.15, 0.2) is 0 Å². The Morgan fingerprint density at radius 1 is 0.857 bits per heavy atom. The molecule has 0 unspecified atom stereocenters. The lowest BCUT2D eigenvalue weighted by Gasteiger charge is -2.23. The van der Waals surface area contributed by atoms with Crippen molar-refractivity contribution in [2.45, 2.75) is 51.7 Å². The molecule has 3 atom stereocenters. The molecule has 4 N–H and O–H groups in total. The van der Waals surface area contributed by atoms with Crippen LogP contribution in [0.4, 0.5) is 0 Å². The van der Waals surface area contributed by atoms with E-state index >= 15 is 0 Å². The van der Waals surface area contributed by atoms with Gasteiger partial charge in [-0.1, -0.05) is 74.5 Å². The summed E-state index contributed by atoms with van der Waals surface area (Å²) in [5.41, 5.74) is 8.00. The predicted molar refractivity (Wildman–Crippen MR) is 113 cm³/mol. The standard InChI is InChI=1S/C23H31N3O2/c1-16(2)14-20(24)22(27)26-21(15-18-10-6-4-7-11-18)23(28)25-17(3)19-12-8-5-9-13-19/h4-13,16-17,20-21H,14-15,24H2,1-3H3,(H,25,28)(H,26,27)/t17-,20-,21+/m1/s1. The second-order valence-electron chi connectivity index (χ2n) is 7.63. The Labute approximate surface area is 167 Å². The summed E-state index contributed by atoms with van der Waals surface area (Å²) in [6.07, 6.45) is 0.986. The largest absolute Gasteiger partial charge is 0.348 e. The van der Waals surface area contributed by atoms with E-state index in [0.29, 0.717) is 18.8 Å². The van der Waals surface area contributed by atoms with Gasteiger partial charge in [-0.25, -0.2) is 0 Å². The second-order valence-corrected chi connectivity index (χ2v) is 7.63. The van der Waals surface area contributed by atoms with Gasteiger partial charge in [0.25, 0.3) is 0 Å². The highest BCUT2D eigenvalue weighted by molar-refractivity contribution is 5.90. The molecule has 0 bridgehead atoms. The minimum atomic E-state index is -0.681. The van der Waals surface area contributed by atoms with Crippen molar-refractivity contribution in [3.8, 4) is 0 Å². The topological polar surface area (TPSA) is 84.2 Å². The van der Waals surface area contributed by atoms with Crippen LogP contribution in [0.1, 0.15) is 44.4 Å². The fourth-order valence-corrected chi connectivity index (χ4v) is 3.09. The van der Waals surface area contributed by atoms with E-state index in [9.17, 15) is 9.59 Å². The first-order valence-corrected chi connectivity index (χ1v) is 9.82. The molecule has 2 amide bonds. The van der Waals surface area contributed by atoms with Crippen LogP contribution in [-0.2, 0) is 16.0 Å². The quantitative estimate of drug-likeness (QED) is 0.624. The van der Waals surface area contributed by atoms with E-state index in [2.05, 4.69) is 10.6 Å². The van der Waals surface area contributed by atoms with Crippen LogP contribution in [-0.4, -0.2) is 23.9 Å². The highest BCUT2D eigenvalue weighted by atomic mass is 16.2. The van der Waals surface area contributed by atoms with E-state index in [1.54, 1.807) is 0 Å². The zero-order valence-corrected chi connectivity index (χ0v) is 16.9. The van der Waals surface area contributed by atoms with Gasteiger partial charge >= 0.3 is 0 Å². The molecule has 0 aliphatic rings. The molecule has 0 aliphatic heterocycles. The molecule has 28 heavy (non-hydrogen) atoms. The number of nitrogens with one attached hydrogen (secondary N) is 2. The maximum absolute atomic E-state index is 12.9. The van der Waals surface area contributed by atoms with Gasteiger partial charge in [-0.2, -0.15) is 0 Å². The predicted octanol–water partition coefficient (Wildman–Crippen LogP) is 2.96. The summed E-state index contributed by atoms with van der Waals surface area (Å²) in [7, 11) is 0. The number of hydrogen-bond acceptors (Lipinski definition) is 3. The third kappa shape index (κ3) is 6.82. The van der Waals surface area contributed by atoms with Crippen LogP contribution < -0.4 is 16.4 Å². The van der Waals surface area contributed by atoms with E-state index in [1.165, 1.54) is 0 Å². The van der Waals surface area contributed by atoms with E-state index in [4.69, 9.17) is 5.73 Å². The second kappa shape index (κ2) is 10.6. The van der Waals surface area contributed by atoms with Crippen LogP contribution in [0.2, 0.25) is 0 Å². The van der Waals surface area contributed by atoms with Crippen molar-refractivity contribution in [2.75, 3.05) is 0 Å². The molecular formula is C23H31N3O2. The fourth-order valence-electron chi connectivity index (χ4n) is 3.09. The Morgan fingerprint density at radius 2 is 1.43 bits per heavy atom. The third-order valence-corrected chi connectivity index (χ3v) is 4.64. The molecule has 2 rings (SSSR count). The van der Waals surface area contributed by atoms with E-state index < -0.39 is 12.1 Å². The SMILES string of the molecule is CC(C)C[C@@H](N)C(=O)N[C@@H](Cc1ccccc1)C(=O)N[C@H](C)c1ccccc1. The smallest absolute Gasteiger partial charge is 0.243 e. The van der Waals surface area contributed by atoms with Crippen molar-refractivity contribution in [2.24, 2.45) is 11.7 Å². The Kier molecular flexibility index (Phi) is 8.20. The first kappa shape index (κ1) is 21.6. The lowest BCUT2D eigenvalue weighted by atomic mass is 10.0. The summed E-state index contributed by atoms with van der Waals surface area (Å²) in [6.45, 7) is 5.96. The van der Waals surface area contributed by atoms with Crippen LogP contribution in [0, 0.1) is 5.92 Å².